The van der Waals surface area contributed by atoms with Gasteiger partial charge < -0.3 is 11.1 Å². The fourth-order valence-corrected chi connectivity index (χ4v) is 1.91. The number of hydrogen-bond donors (Lipinski definition) is 2. The lowest BCUT2D eigenvalue weighted by atomic mass is 10.3. The predicted molar refractivity (Wildman–Crippen MR) is 75.8 cm³/mol. The molecule has 5 heteroatoms. The summed E-state index contributed by atoms with van der Waals surface area (Å²) in [5.74, 6) is 0.632. The molecular formula is C12H11BrClN3. The highest BCUT2D eigenvalue weighted by Gasteiger charge is 2.05. The molecule has 1 aromatic heterocycles. The first kappa shape index (κ1) is 12.2. The standard InChI is InChI=1S/C12H11BrClN3/c1-7-2-5-10(15)12(16-7)17-11-6-8(14)3-4-9(11)13/h2-6H,15H2,1H3,(H,16,17). The van der Waals surface area contributed by atoms with Crippen LogP contribution in [0.15, 0.2) is 34.8 Å². The quantitative estimate of drug-likeness (QED) is 0.876. The number of pyridine rings is 1. The van der Waals surface area contributed by atoms with E-state index in [4.69, 9.17) is 17.3 Å². The topological polar surface area (TPSA) is 50.9 Å². The van der Waals surface area contributed by atoms with Crippen molar-refractivity contribution in [3.63, 3.8) is 0 Å². The SMILES string of the molecule is Cc1ccc(N)c(Nc2cc(Cl)ccc2Br)n1. The highest BCUT2D eigenvalue weighted by molar-refractivity contribution is 9.10. The van der Waals surface area contributed by atoms with Gasteiger partial charge in [0.25, 0.3) is 0 Å². The molecule has 0 aliphatic rings. The van der Waals surface area contributed by atoms with Gasteiger partial charge in [-0.1, -0.05) is 11.6 Å². The van der Waals surface area contributed by atoms with Crippen molar-refractivity contribution in [2.45, 2.75) is 6.92 Å². The fourth-order valence-electron chi connectivity index (χ4n) is 1.39. The molecule has 0 bridgehead atoms. The third-order valence-electron chi connectivity index (χ3n) is 2.25. The van der Waals surface area contributed by atoms with Crippen LogP contribution in [-0.4, -0.2) is 4.98 Å². The van der Waals surface area contributed by atoms with Crippen LogP contribution >= 0.6 is 27.5 Å². The molecule has 0 amide bonds. The van der Waals surface area contributed by atoms with Crippen molar-refractivity contribution in [1.82, 2.24) is 4.98 Å². The minimum atomic E-state index is 0.600. The van der Waals surface area contributed by atoms with Crippen molar-refractivity contribution >= 4 is 44.7 Å². The van der Waals surface area contributed by atoms with Gasteiger partial charge in [0.05, 0.1) is 11.4 Å². The summed E-state index contributed by atoms with van der Waals surface area (Å²) in [5.41, 5.74) is 8.19. The molecule has 1 aromatic carbocycles. The zero-order valence-corrected chi connectivity index (χ0v) is 11.5. The molecule has 17 heavy (non-hydrogen) atoms. The maximum absolute atomic E-state index is 5.94. The van der Waals surface area contributed by atoms with Gasteiger partial charge in [0.2, 0.25) is 0 Å². The van der Waals surface area contributed by atoms with E-state index in [0.29, 0.717) is 16.5 Å². The summed E-state index contributed by atoms with van der Waals surface area (Å²) in [4.78, 5) is 4.34. The maximum Gasteiger partial charge on any atom is 0.153 e. The van der Waals surface area contributed by atoms with Crippen LogP contribution in [0.4, 0.5) is 17.2 Å². The molecule has 1 heterocycles. The number of benzene rings is 1. The molecule has 2 rings (SSSR count). The first-order valence-corrected chi connectivity index (χ1v) is 6.18. The summed E-state index contributed by atoms with van der Waals surface area (Å²) in [5, 5.41) is 3.81. The van der Waals surface area contributed by atoms with Gasteiger partial charge in [-0.15, -0.1) is 0 Å². The number of nitrogens with zero attached hydrogens (tertiary/aromatic N) is 1. The van der Waals surface area contributed by atoms with Gasteiger partial charge in [-0.3, -0.25) is 0 Å². The van der Waals surface area contributed by atoms with Gasteiger partial charge in [-0.25, -0.2) is 4.98 Å². The molecule has 88 valence electrons. The number of nitrogens with one attached hydrogen (secondary N) is 1. The highest BCUT2D eigenvalue weighted by atomic mass is 79.9. The van der Waals surface area contributed by atoms with Crippen LogP contribution in [0.2, 0.25) is 5.02 Å². The Hall–Kier alpha value is -1.26. The number of anilines is 3. The van der Waals surface area contributed by atoms with Gasteiger partial charge in [0.1, 0.15) is 0 Å². The van der Waals surface area contributed by atoms with Gasteiger partial charge in [0, 0.05) is 15.2 Å². The molecule has 0 radical (unpaired) electrons. The van der Waals surface area contributed by atoms with Crippen molar-refractivity contribution < 1.29 is 0 Å². The summed E-state index contributed by atoms with van der Waals surface area (Å²) in [6, 6.07) is 9.19. The van der Waals surface area contributed by atoms with Crippen molar-refractivity contribution in [2.75, 3.05) is 11.1 Å². The molecule has 0 aliphatic carbocycles. The summed E-state index contributed by atoms with van der Waals surface area (Å²) < 4.78 is 0.907. The maximum atomic E-state index is 5.94. The number of aryl methyl sites for hydroxylation is 1. The number of rotatable bonds is 2. The molecule has 0 saturated carbocycles. The average molecular weight is 313 g/mol. The Labute approximate surface area is 113 Å². The van der Waals surface area contributed by atoms with Crippen LogP contribution in [0.25, 0.3) is 0 Å². The Morgan fingerprint density at radius 2 is 2.06 bits per heavy atom. The Balaban J connectivity index is 2.37. The second-order valence-electron chi connectivity index (χ2n) is 3.64. The van der Waals surface area contributed by atoms with E-state index < -0.39 is 0 Å². The lowest BCUT2D eigenvalue weighted by molar-refractivity contribution is 1.20. The first-order valence-electron chi connectivity index (χ1n) is 5.01. The van der Waals surface area contributed by atoms with E-state index in [1.165, 1.54) is 0 Å². The van der Waals surface area contributed by atoms with Gasteiger partial charge >= 0.3 is 0 Å². The first-order chi connectivity index (χ1) is 8.06. The van der Waals surface area contributed by atoms with E-state index in [1.54, 1.807) is 0 Å². The van der Waals surface area contributed by atoms with Crippen molar-refractivity contribution in [2.24, 2.45) is 0 Å². The monoisotopic (exact) mass is 311 g/mol. The smallest absolute Gasteiger partial charge is 0.153 e. The van der Waals surface area contributed by atoms with Gasteiger partial charge in [0.15, 0.2) is 5.82 Å². The van der Waals surface area contributed by atoms with E-state index in [9.17, 15) is 0 Å². The van der Waals surface area contributed by atoms with Crippen LogP contribution in [0.3, 0.4) is 0 Å². The molecule has 0 aliphatic heterocycles. The van der Waals surface area contributed by atoms with Crippen LogP contribution in [0.1, 0.15) is 5.69 Å². The Kier molecular flexibility index (Phi) is 3.54. The molecule has 3 nitrogen and oxygen atoms in total. The van der Waals surface area contributed by atoms with Crippen molar-refractivity contribution in [3.05, 3.63) is 45.5 Å². The van der Waals surface area contributed by atoms with Gasteiger partial charge in [-0.05, 0) is 53.2 Å². The number of aromatic nitrogens is 1. The predicted octanol–water partition coefficient (Wildman–Crippen LogP) is 4.13. The average Bonchev–Trinajstić information content (AvgIpc) is 2.28. The minimum Gasteiger partial charge on any atom is -0.396 e. The number of hydrogen-bond acceptors (Lipinski definition) is 3. The molecule has 3 N–H and O–H groups in total. The van der Waals surface area contributed by atoms with E-state index in [0.717, 1.165) is 15.9 Å². The van der Waals surface area contributed by atoms with Crippen molar-refractivity contribution in [1.29, 1.82) is 0 Å². The summed E-state index contributed by atoms with van der Waals surface area (Å²) >= 11 is 9.38. The highest BCUT2D eigenvalue weighted by Crippen LogP contribution is 2.30. The van der Waals surface area contributed by atoms with E-state index in [2.05, 4.69) is 26.2 Å². The van der Waals surface area contributed by atoms with Crippen LogP contribution in [0.5, 0.6) is 0 Å². The Morgan fingerprint density at radius 3 is 2.82 bits per heavy atom. The zero-order chi connectivity index (χ0) is 12.4. The summed E-state index contributed by atoms with van der Waals surface area (Å²) in [7, 11) is 0. The largest absolute Gasteiger partial charge is 0.396 e. The molecule has 0 fully saturated rings. The van der Waals surface area contributed by atoms with E-state index >= 15 is 0 Å². The second-order valence-corrected chi connectivity index (χ2v) is 4.93. The van der Waals surface area contributed by atoms with Crippen LogP contribution < -0.4 is 11.1 Å². The molecule has 0 unspecified atom stereocenters. The molecule has 2 aromatic rings. The zero-order valence-electron chi connectivity index (χ0n) is 9.17. The summed E-state index contributed by atoms with van der Waals surface area (Å²) in [6.07, 6.45) is 0. The number of halogens is 2. The van der Waals surface area contributed by atoms with Crippen LogP contribution in [0, 0.1) is 6.92 Å². The Morgan fingerprint density at radius 1 is 1.29 bits per heavy atom. The molecule has 0 atom stereocenters. The molecule has 0 saturated heterocycles. The van der Waals surface area contributed by atoms with Crippen molar-refractivity contribution in [3.8, 4) is 0 Å². The van der Waals surface area contributed by atoms with Crippen LogP contribution in [-0.2, 0) is 0 Å². The van der Waals surface area contributed by atoms with Gasteiger partial charge in [-0.2, -0.15) is 0 Å². The van der Waals surface area contributed by atoms with E-state index in [1.807, 2.05) is 37.3 Å². The fraction of sp³-hybridized carbons (Fsp3) is 0.0833. The third kappa shape index (κ3) is 2.90. The molecular weight excluding hydrogens is 302 g/mol. The number of nitrogens with two attached hydrogens (primary N) is 1. The third-order valence-corrected chi connectivity index (χ3v) is 3.17. The lowest BCUT2D eigenvalue weighted by Gasteiger charge is -2.11. The summed E-state index contributed by atoms with van der Waals surface area (Å²) in [6.45, 7) is 1.91. The minimum absolute atomic E-state index is 0.600. The lowest BCUT2D eigenvalue weighted by Crippen LogP contribution is -2.00. The second kappa shape index (κ2) is 4.94. The normalized spacial score (nSPS) is 10.3. The Bertz CT molecular complexity index is 508. The number of nitrogen functional groups attached to an aromatic ring is 1. The van der Waals surface area contributed by atoms with E-state index in [-0.39, 0.29) is 0 Å². The molecule has 0 spiro atoms.